The topological polar surface area (TPSA) is 46.1 Å². The van der Waals surface area contributed by atoms with Crippen LogP contribution in [0, 0.1) is 0 Å². The monoisotopic (exact) mass is 219 g/mol. The lowest BCUT2D eigenvalue weighted by molar-refractivity contribution is -0.117. The van der Waals surface area contributed by atoms with Crippen LogP contribution < -0.4 is 0 Å². The van der Waals surface area contributed by atoms with Gasteiger partial charge in [-0.05, 0) is 20.4 Å². The van der Waals surface area contributed by atoms with Crippen molar-refractivity contribution in [3.8, 4) is 0 Å². The predicted molar refractivity (Wildman–Crippen MR) is 61.1 cm³/mol. The normalized spacial score (nSPS) is 15.9. The molecular formula is C12H17N3O. The van der Waals surface area contributed by atoms with E-state index < -0.39 is 0 Å². The maximum absolute atomic E-state index is 11.0. The zero-order valence-corrected chi connectivity index (χ0v) is 9.86. The van der Waals surface area contributed by atoms with Gasteiger partial charge in [0.25, 0.3) is 0 Å². The van der Waals surface area contributed by atoms with E-state index in [-0.39, 0.29) is 5.78 Å². The van der Waals surface area contributed by atoms with Crippen molar-refractivity contribution in [2.75, 3.05) is 13.6 Å². The van der Waals surface area contributed by atoms with Gasteiger partial charge in [-0.1, -0.05) is 0 Å². The van der Waals surface area contributed by atoms with Crippen molar-refractivity contribution in [3.05, 3.63) is 23.3 Å². The molecule has 4 heteroatoms. The maximum Gasteiger partial charge on any atom is 0.130 e. The summed E-state index contributed by atoms with van der Waals surface area (Å²) >= 11 is 0. The molecule has 1 aromatic heterocycles. The first-order chi connectivity index (χ1) is 7.66. The van der Waals surface area contributed by atoms with Crippen LogP contribution in [0.1, 0.15) is 30.3 Å². The SMILES string of the molecule is CC(=O)CCc1ncnc2c1CN(C)CC2. The molecule has 2 rings (SSSR count). The number of hydrogen-bond donors (Lipinski definition) is 0. The van der Waals surface area contributed by atoms with Gasteiger partial charge in [0, 0.05) is 42.9 Å². The van der Waals surface area contributed by atoms with Crippen molar-refractivity contribution in [3.63, 3.8) is 0 Å². The highest BCUT2D eigenvalue weighted by molar-refractivity contribution is 5.75. The van der Waals surface area contributed by atoms with E-state index in [0.717, 1.165) is 37.3 Å². The second-order valence-corrected chi connectivity index (χ2v) is 4.44. The summed E-state index contributed by atoms with van der Waals surface area (Å²) in [7, 11) is 2.10. The third-order valence-electron chi connectivity index (χ3n) is 3.00. The Morgan fingerprint density at radius 2 is 2.31 bits per heavy atom. The number of aromatic nitrogens is 2. The molecule has 0 radical (unpaired) electrons. The smallest absolute Gasteiger partial charge is 0.130 e. The lowest BCUT2D eigenvalue weighted by Gasteiger charge is -2.25. The summed E-state index contributed by atoms with van der Waals surface area (Å²) in [6.45, 7) is 3.58. The van der Waals surface area contributed by atoms with Crippen molar-refractivity contribution in [1.29, 1.82) is 0 Å². The highest BCUT2D eigenvalue weighted by atomic mass is 16.1. The lowest BCUT2D eigenvalue weighted by Crippen LogP contribution is -2.28. The maximum atomic E-state index is 11.0. The van der Waals surface area contributed by atoms with E-state index in [1.807, 2.05) is 0 Å². The van der Waals surface area contributed by atoms with Gasteiger partial charge in [-0.15, -0.1) is 0 Å². The third-order valence-corrected chi connectivity index (χ3v) is 3.00. The molecule has 0 fully saturated rings. The fourth-order valence-electron chi connectivity index (χ4n) is 2.04. The largest absolute Gasteiger partial charge is 0.302 e. The van der Waals surface area contributed by atoms with E-state index >= 15 is 0 Å². The Hall–Kier alpha value is -1.29. The molecule has 0 bridgehead atoms. The van der Waals surface area contributed by atoms with Crippen molar-refractivity contribution >= 4 is 5.78 Å². The molecule has 0 spiro atoms. The molecule has 0 aromatic carbocycles. The van der Waals surface area contributed by atoms with E-state index in [1.54, 1.807) is 13.3 Å². The van der Waals surface area contributed by atoms with Crippen molar-refractivity contribution in [1.82, 2.24) is 14.9 Å². The average molecular weight is 219 g/mol. The summed E-state index contributed by atoms with van der Waals surface area (Å²) < 4.78 is 0. The fourth-order valence-corrected chi connectivity index (χ4v) is 2.04. The van der Waals surface area contributed by atoms with Gasteiger partial charge in [-0.2, -0.15) is 0 Å². The summed E-state index contributed by atoms with van der Waals surface area (Å²) in [5.74, 6) is 0.219. The summed E-state index contributed by atoms with van der Waals surface area (Å²) in [6, 6.07) is 0. The Morgan fingerprint density at radius 3 is 3.06 bits per heavy atom. The predicted octanol–water partition coefficient (Wildman–Crippen LogP) is 0.986. The molecule has 2 heterocycles. The average Bonchev–Trinajstić information content (AvgIpc) is 2.26. The summed E-state index contributed by atoms with van der Waals surface area (Å²) in [5, 5.41) is 0. The van der Waals surface area contributed by atoms with E-state index in [9.17, 15) is 4.79 Å². The van der Waals surface area contributed by atoms with E-state index in [0.29, 0.717) is 6.42 Å². The molecule has 0 N–H and O–H groups in total. The minimum absolute atomic E-state index is 0.219. The number of rotatable bonds is 3. The second kappa shape index (κ2) is 4.70. The number of nitrogens with zero attached hydrogens (tertiary/aromatic N) is 3. The molecule has 86 valence electrons. The number of ketones is 1. The number of carbonyl (C=O) groups excluding carboxylic acids is 1. The molecule has 0 atom stereocenters. The van der Waals surface area contributed by atoms with Crippen LogP contribution in [0.5, 0.6) is 0 Å². The fraction of sp³-hybridized carbons (Fsp3) is 0.583. The Bertz CT molecular complexity index is 403. The van der Waals surface area contributed by atoms with E-state index in [4.69, 9.17) is 0 Å². The van der Waals surface area contributed by atoms with E-state index in [1.165, 1.54) is 5.56 Å². The Balaban J connectivity index is 2.21. The van der Waals surface area contributed by atoms with Gasteiger partial charge in [0.2, 0.25) is 0 Å². The first kappa shape index (κ1) is 11.2. The highest BCUT2D eigenvalue weighted by Crippen LogP contribution is 2.19. The van der Waals surface area contributed by atoms with Crippen molar-refractivity contribution in [2.24, 2.45) is 0 Å². The van der Waals surface area contributed by atoms with Gasteiger partial charge in [-0.3, -0.25) is 0 Å². The minimum Gasteiger partial charge on any atom is -0.302 e. The number of Topliss-reactive ketones (excluding diaryl/α,β-unsaturated/α-hetero) is 1. The van der Waals surface area contributed by atoms with E-state index in [2.05, 4.69) is 21.9 Å². The second-order valence-electron chi connectivity index (χ2n) is 4.44. The van der Waals surface area contributed by atoms with Crippen LogP contribution >= 0.6 is 0 Å². The number of hydrogen-bond acceptors (Lipinski definition) is 4. The minimum atomic E-state index is 0.219. The molecule has 0 unspecified atom stereocenters. The molecule has 0 amide bonds. The molecule has 1 aliphatic rings. The summed E-state index contributed by atoms with van der Waals surface area (Å²) in [5.41, 5.74) is 3.44. The Morgan fingerprint density at radius 1 is 1.50 bits per heavy atom. The number of fused-ring (bicyclic) bond motifs is 1. The number of likely N-dealkylation sites (N-methyl/N-ethyl adjacent to an activating group) is 1. The molecular weight excluding hydrogens is 202 g/mol. The first-order valence-electron chi connectivity index (χ1n) is 5.66. The quantitative estimate of drug-likeness (QED) is 0.760. The van der Waals surface area contributed by atoms with Gasteiger partial charge < -0.3 is 9.69 Å². The summed E-state index contributed by atoms with van der Waals surface area (Å²) in [4.78, 5) is 21.9. The zero-order valence-electron chi connectivity index (χ0n) is 9.86. The molecule has 1 aliphatic heterocycles. The van der Waals surface area contributed by atoms with Crippen LogP contribution in [0.3, 0.4) is 0 Å². The summed E-state index contributed by atoms with van der Waals surface area (Å²) in [6.07, 6.45) is 3.93. The van der Waals surface area contributed by atoms with Crippen LogP contribution in [-0.4, -0.2) is 34.2 Å². The van der Waals surface area contributed by atoms with Gasteiger partial charge in [0.05, 0.1) is 0 Å². The van der Waals surface area contributed by atoms with Crippen molar-refractivity contribution in [2.45, 2.75) is 32.7 Å². The van der Waals surface area contributed by atoms with Crippen molar-refractivity contribution < 1.29 is 4.79 Å². The first-order valence-corrected chi connectivity index (χ1v) is 5.66. The van der Waals surface area contributed by atoms with Gasteiger partial charge >= 0.3 is 0 Å². The van der Waals surface area contributed by atoms with Crippen LogP contribution in [-0.2, 0) is 24.2 Å². The molecule has 0 aliphatic carbocycles. The molecule has 16 heavy (non-hydrogen) atoms. The van der Waals surface area contributed by atoms with Gasteiger partial charge in [0.1, 0.15) is 12.1 Å². The molecule has 0 saturated carbocycles. The Kier molecular flexibility index (Phi) is 3.29. The Labute approximate surface area is 95.7 Å². The number of carbonyl (C=O) groups is 1. The molecule has 4 nitrogen and oxygen atoms in total. The molecule has 0 saturated heterocycles. The highest BCUT2D eigenvalue weighted by Gasteiger charge is 2.18. The third kappa shape index (κ3) is 2.44. The lowest BCUT2D eigenvalue weighted by atomic mass is 10.0. The van der Waals surface area contributed by atoms with Gasteiger partial charge in [-0.25, -0.2) is 9.97 Å². The zero-order chi connectivity index (χ0) is 11.5. The molecule has 1 aromatic rings. The van der Waals surface area contributed by atoms with Gasteiger partial charge in [0.15, 0.2) is 0 Å². The van der Waals surface area contributed by atoms with Crippen LogP contribution in [0.2, 0.25) is 0 Å². The van der Waals surface area contributed by atoms with Crippen LogP contribution in [0.4, 0.5) is 0 Å². The van der Waals surface area contributed by atoms with Crippen LogP contribution in [0.25, 0.3) is 0 Å². The van der Waals surface area contributed by atoms with Crippen LogP contribution in [0.15, 0.2) is 6.33 Å². The standard InChI is InChI=1S/C12H17N3O/c1-9(16)3-4-11-10-7-15(2)6-5-12(10)14-8-13-11/h8H,3-7H2,1-2H3. The number of aryl methyl sites for hydroxylation is 1.